The molecule has 0 N–H and O–H groups in total. The van der Waals surface area contributed by atoms with Crippen molar-refractivity contribution in [1.29, 1.82) is 0 Å². The highest BCUT2D eigenvalue weighted by molar-refractivity contribution is 5.77. The number of carbonyl (C=O) groups excluding carboxylic acids is 1. The second-order valence-electron chi connectivity index (χ2n) is 4.34. The van der Waals surface area contributed by atoms with Crippen LogP contribution in [0.2, 0.25) is 0 Å². The molecule has 0 fully saturated rings. The molecule has 0 aromatic carbocycles. The van der Waals surface area contributed by atoms with Crippen LogP contribution in [-0.4, -0.2) is 36.0 Å². The summed E-state index contributed by atoms with van der Waals surface area (Å²) in [7, 11) is 0. The van der Waals surface area contributed by atoms with E-state index < -0.39 is 0 Å². The van der Waals surface area contributed by atoms with Gasteiger partial charge in [-0.25, -0.2) is 4.79 Å². The van der Waals surface area contributed by atoms with Crippen molar-refractivity contribution >= 4 is 6.03 Å². The number of aromatic nitrogens is 6. The Morgan fingerprint density at radius 1 is 1.26 bits per heavy atom. The predicted molar refractivity (Wildman–Crippen MR) is 68.8 cm³/mol. The number of unbranched alkanes of at least 4 members (excludes halogenated alkanes) is 2. The third kappa shape index (κ3) is 2.86. The van der Waals surface area contributed by atoms with Crippen LogP contribution in [0, 0.1) is 0 Å². The molecule has 0 saturated heterocycles. The van der Waals surface area contributed by atoms with E-state index in [0.717, 1.165) is 48.2 Å². The van der Waals surface area contributed by atoms with Crippen LogP contribution in [-0.2, 0) is 12.8 Å². The summed E-state index contributed by atoms with van der Waals surface area (Å²) in [4.78, 5) is 12.2. The van der Waals surface area contributed by atoms with Gasteiger partial charge in [-0.2, -0.15) is 9.36 Å². The maximum atomic E-state index is 12.2. The Hall–Kier alpha value is -2.05. The smallest absolute Gasteiger partial charge is 0.243 e. The molecule has 2 aromatic heterocycles. The van der Waals surface area contributed by atoms with Gasteiger partial charge in [0.05, 0.1) is 23.8 Å². The van der Waals surface area contributed by atoms with Crippen LogP contribution in [0.3, 0.4) is 0 Å². The molecule has 0 bridgehead atoms. The standard InChI is InChI=1S/C12H18N6O/c1-3-5-6-7-11-10(4-2)14-16-18(11)12(19)17-9-8-13-15-17/h8-9H,3-7H2,1-2H3. The van der Waals surface area contributed by atoms with Crippen molar-refractivity contribution in [2.45, 2.75) is 46.0 Å². The van der Waals surface area contributed by atoms with E-state index in [9.17, 15) is 4.79 Å². The molecule has 7 nitrogen and oxygen atoms in total. The summed E-state index contributed by atoms with van der Waals surface area (Å²) in [5.41, 5.74) is 1.76. The molecule has 0 aliphatic carbocycles. The Bertz CT molecular complexity index is 530. The van der Waals surface area contributed by atoms with Crippen molar-refractivity contribution in [2.24, 2.45) is 0 Å². The minimum atomic E-state index is -0.337. The van der Waals surface area contributed by atoms with Crippen LogP contribution in [0.25, 0.3) is 0 Å². The lowest BCUT2D eigenvalue weighted by Crippen LogP contribution is -2.23. The molecule has 0 unspecified atom stereocenters. The van der Waals surface area contributed by atoms with Crippen molar-refractivity contribution in [3.05, 3.63) is 23.8 Å². The second kappa shape index (κ2) is 6.21. The van der Waals surface area contributed by atoms with Gasteiger partial charge in [0.2, 0.25) is 0 Å². The minimum Gasteiger partial charge on any atom is -0.243 e. The second-order valence-corrected chi connectivity index (χ2v) is 4.34. The zero-order valence-corrected chi connectivity index (χ0v) is 11.3. The van der Waals surface area contributed by atoms with Gasteiger partial charge in [-0.15, -0.1) is 10.2 Å². The van der Waals surface area contributed by atoms with Crippen LogP contribution < -0.4 is 0 Å². The molecule has 0 radical (unpaired) electrons. The van der Waals surface area contributed by atoms with E-state index in [1.807, 2.05) is 6.92 Å². The normalized spacial score (nSPS) is 10.8. The third-order valence-electron chi connectivity index (χ3n) is 3.00. The van der Waals surface area contributed by atoms with Gasteiger partial charge in [-0.05, 0) is 19.3 Å². The van der Waals surface area contributed by atoms with Gasteiger partial charge in [-0.3, -0.25) is 0 Å². The lowest BCUT2D eigenvalue weighted by atomic mass is 10.1. The van der Waals surface area contributed by atoms with Gasteiger partial charge in [0.15, 0.2) is 0 Å². The summed E-state index contributed by atoms with van der Waals surface area (Å²) < 4.78 is 2.50. The van der Waals surface area contributed by atoms with E-state index in [1.165, 1.54) is 17.1 Å². The molecular weight excluding hydrogens is 244 g/mol. The van der Waals surface area contributed by atoms with Crippen LogP contribution in [0.4, 0.5) is 4.79 Å². The fraction of sp³-hybridized carbons (Fsp3) is 0.583. The van der Waals surface area contributed by atoms with E-state index in [1.54, 1.807) is 0 Å². The maximum Gasteiger partial charge on any atom is 0.372 e. The molecule has 0 amide bonds. The average molecular weight is 262 g/mol. The van der Waals surface area contributed by atoms with Crippen molar-refractivity contribution in [3.8, 4) is 0 Å². The first-order valence-corrected chi connectivity index (χ1v) is 6.62. The zero-order chi connectivity index (χ0) is 13.7. The largest absolute Gasteiger partial charge is 0.372 e. The Balaban J connectivity index is 2.24. The van der Waals surface area contributed by atoms with Crippen LogP contribution >= 0.6 is 0 Å². The van der Waals surface area contributed by atoms with Crippen molar-refractivity contribution in [1.82, 2.24) is 30.0 Å². The zero-order valence-electron chi connectivity index (χ0n) is 11.3. The van der Waals surface area contributed by atoms with Crippen LogP contribution in [0.15, 0.2) is 12.4 Å². The molecule has 0 saturated carbocycles. The third-order valence-corrected chi connectivity index (χ3v) is 3.00. The van der Waals surface area contributed by atoms with Gasteiger partial charge < -0.3 is 0 Å². The highest BCUT2D eigenvalue weighted by atomic mass is 16.2. The molecule has 0 aliphatic heterocycles. The number of aryl methyl sites for hydroxylation is 1. The van der Waals surface area contributed by atoms with Crippen LogP contribution in [0.1, 0.15) is 44.5 Å². The van der Waals surface area contributed by atoms with Gasteiger partial charge in [-0.1, -0.05) is 37.1 Å². The SMILES string of the molecule is CCCCCc1c(CC)nnn1C(=O)n1ccnn1. The fourth-order valence-electron chi connectivity index (χ4n) is 1.96. The molecule has 0 aliphatic rings. The Morgan fingerprint density at radius 2 is 2.11 bits per heavy atom. The summed E-state index contributed by atoms with van der Waals surface area (Å²) in [5, 5.41) is 15.4. The van der Waals surface area contributed by atoms with Crippen molar-refractivity contribution < 1.29 is 4.79 Å². The van der Waals surface area contributed by atoms with E-state index in [2.05, 4.69) is 27.5 Å². The van der Waals surface area contributed by atoms with Gasteiger partial charge >= 0.3 is 6.03 Å². The van der Waals surface area contributed by atoms with E-state index >= 15 is 0 Å². The maximum absolute atomic E-state index is 12.2. The van der Waals surface area contributed by atoms with Crippen molar-refractivity contribution in [3.63, 3.8) is 0 Å². The van der Waals surface area contributed by atoms with E-state index in [-0.39, 0.29) is 6.03 Å². The molecule has 102 valence electrons. The van der Waals surface area contributed by atoms with Gasteiger partial charge in [0.25, 0.3) is 0 Å². The summed E-state index contributed by atoms with van der Waals surface area (Å²) >= 11 is 0. The van der Waals surface area contributed by atoms with Crippen molar-refractivity contribution in [2.75, 3.05) is 0 Å². The number of hydrogen-bond acceptors (Lipinski definition) is 5. The molecule has 7 heteroatoms. The van der Waals surface area contributed by atoms with E-state index in [4.69, 9.17) is 0 Å². The molecule has 19 heavy (non-hydrogen) atoms. The fourth-order valence-corrected chi connectivity index (χ4v) is 1.96. The molecular formula is C12H18N6O. The highest BCUT2D eigenvalue weighted by Gasteiger charge is 2.18. The monoisotopic (exact) mass is 262 g/mol. The van der Waals surface area contributed by atoms with E-state index in [0.29, 0.717) is 0 Å². The lowest BCUT2D eigenvalue weighted by Gasteiger charge is -2.05. The van der Waals surface area contributed by atoms with Gasteiger partial charge in [0.1, 0.15) is 0 Å². The minimum absolute atomic E-state index is 0.337. The summed E-state index contributed by atoms with van der Waals surface area (Å²) in [6.45, 7) is 4.16. The van der Waals surface area contributed by atoms with Crippen LogP contribution in [0.5, 0.6) is 0 Å². The predicted octanol–water partition coefficient (Wildman–Crippen LogP) is 1.68. The number of nitrogens with zero attached hydrogens (tertiary/aromatic N) is 6. The first-order chi connectivity index (χ1) is 9.27. The Labute approximate surface area is 111 Å². The summed E-state index contributed by atoms with van der Waals surface area (Å²) in [6.07, 6.45) is 7.85. The molecule has 0 spiro atoms. The molecule has 2 aromatic rings. The summed E-state index contributed by atoms with van der Waals surface area (Å²) in [6, 6.07) is -0.337. The molecule has 0 atom stereocenters. The topological polar surface area (TPSA) is 78.5 Å². The first-order valence-electron chi connectivity index (χ1n) is 6.62. The number of rotatable bonds is 5. The Morgan fingerprint density at radius 3 is 2.74 bits per heavy atom. The van der Waals surface area contributed by atoms with Gasteiger partial charge in [0, 0.05) is 0 Å². The lowest BCUT2D eigenvalue weighted by molar-refractivity contribution is 0.236. The molecule has 2 heterocycles. The number of carbonyl (C=O) groups is 1. The number of hydrogen-bond donors (Lipinski definition) is 0. The average Bonchev–Trinajstić information content (AvgIpc) is 3.07. The Kier molecular flexibility index (Phi) is 4.38. The highest BCUT2D eigenvalue weighted by Crippen LogP contribution is 2.11. The first kappa shape index (κ1) is 13.4. The summed E-state index contributed by atoms with van der Waals surface area (Å²) in [5.74, 6) is 0. The molecule has 2 rings (SSSR count). The quantitative estimate of drug-likeness (QED) is 0.766.